The van der Waals surface area contributed by atoms with Crippen LogP contribution in [0.1, 0.15) is 62.6 Å². The zero-order valence-corrected chi connectivity index (χ0v) is 23.0. The van der Waals surface area contributed by atoms with Gasteiger partial charge in [-0.2, -0.15) is 0 Å². The molecule has 0 saturated carbocycles. The Labute approximate surface area is 220 Å². The van der Waals surface area contributed by atoms with Crippen LogP contribution < -0.4 is 10.1 Å². The normalized spacial score (nSPS) is 22.8. The minimum atomic E-state index is -0.245. The summed E-state index contributed by atoms with van der Waals surface area (Å²) in [7, 11) is 0. The molecule has 2 heterocycles. The van der Waals surface area contributed by atoms with E-state index in [1.54, 1.807) is 4.90 Å². The summed E-state index contributed by atoms with van der Waals surface area (Å²) < 4.78 is 12.0. The van der Waals surface area contributed by atoms with Crippen molar-refractivity contribution < 1.29 is 19.1 Å². The fourth-order valence-corrected chi connectivity index (χ4v) is 5.67. The number of carbonyl (C=O) groups excluding carboxylic acids is 2. The second kappa shape index (κ2) is 11.7. The number of hydrogen-bond donors (Lipinski definition) is 2. The number of hydrogen-bond acceptors (Lipinski definition) is 6. The molecule has 1 aliphatic carbocycles. The van der Waals surface area contributed by atoms with Crippen LogP contribution in [0.15, 0.2) is 23.4 Å². The van der Waals surface area contributed by atoms with E-state index in [2.05, 4.69) is 38.2 Å². The molecule has 2 fully saturated rings. The number of allylic oxidation sites excluding steroid dienone is 1. The Morgan fingerprint density at radius 2 is 1.73 bits per heavy atom. The number of likely N-dealkylation sites (tertiary alicyclic amines) is 1. The van der Waals surface area contributed by atoms with Gasteiger partial charge in [0.05, 0.1) is 18.8 Å². The van der Waals surface area contributed by atoms with Crippen molar-refractivity contribution in [1.82, 2.24) is 15.1 Å². The van der Waals surface area contributed by atoms with Gasteiger partial charge in [0.15, 0.2) is 0 Å². The fourth-order valence-electron chi connectivity index (χ4n) is 5.67. The van der Waals surface area contributed by atoms with Gasteiger partial charge in [-0.05, 0) is 76.6 Å². The zero-order chi connectivity index (χ0) is 26.7. The number of nitrogens with one attached hydrogen (secondary N) is 2. The highest BCUT2D eigenvalue weighted by atomic mass is 16.5. The average Bonchev–Trinajstić information content (AvgIpc) is 3.33. The van der Waals surface area contributed by atoms with E-state index in [0.717, 1.165) is 42.7 Å². The van der Waals surface area contributed by atoms with Crippen molar-refractivity contribution in [3.8, 4) is 5.75 Å². The number of rotatable bonds is 7. The molecule has 2 amide bonds. The molecule has 3 aliphatic rings. The van der Waals surface area contributed by atoms with E-state index < -0.39 is 0 Å². The third-order valence-corrected chi connectivity index (χ3v) is 7.75. The molecule has 2 atom stereocenters. The second-order valence-corrected chi connectivity index (χ2v) is 10.9. The van der Waals surface area contributed by atoms with Crippen LogP contribution in [0, 0.1) is 26.2 Å². The largest absolute Gasteiger partial charge is 0.490 e. The lowest BCUT2D eigenvalue weighted by Crippen LogP contribution is -2.50. The average molecular weight is 511 g/mol. The van der Waals surface area contributed by atoms with Crippen LogP contribution in [0.25, 0.3) is 0 Å². The highest BCUT2D eigenvalue weighted by molar-refractivity contribution is 6.44. The van der Waals surface area contributed by atoms with Gasteiger partial charge in [-0.1, -0.05) is 6.07 Å². The molecule has 8 heteroatoms. The van der Waals surface area contributed by atoms with Gasteiger partial charge < -0.3 is 24.6 Å². The van der Waals surface area contributed by atoms with Crippen LogP contribution in [0.3, 0.4) is 0 Å². The lowest BCUT2D eigenvalue weighted by molar-refractivity contribution is -0.136. The molecular formula is C29H42N4O4. The highest BCUT2D eigenvalue weighted by Gasteiger charge is 2.32. The smallest absolute Gasteiger partial charge is 0.272 e. The molecule has 0 unspecified atom stereocenters. The molecule has 0 spiro atoms. The highest BCUT2D eigenvalue weighted by Crippen LogP contribution is 2.28. The number of morpholine rings is 1. The summed E-state index contributed by atoms with van der Waals surface area (Å²) in [4.78, 5) is 29.6. The quantitative estimate of drug-likeness (QED) is 0.546. The number of benzene rings is 1. The number of piperidine rings is 1. The first-order chi connectivity index (χ1) is 17.6. The molecule has 2 saturated heterocycles. The minimum Gasteiger partial charge on any atom is -0.490 e. The Kier molecular flexibility index (Phi) is 8.57. The van der Waals surface area contributed by atoms with Crippen molar-refractivity contribution in [2.24, 2.45) is 0 Å². The van der Waals surface area contributed by atoms with Crippen molar-refractivity contribution >= 4 is 17.5 Å². The summed E-state index contributed by atoms with van der Waals surface area (Å²) in [6.45, 7) is 12.7. The van der Waals surface area contributed by atoms with Gasteiger partial charge in [0, 0.05) is 50.3 Å². The van der Waals surface area contributed by atoms with Gasteiger partial charge in [-0.3, -0.25) is 15.0 Å². The van der Waals surface area contributed by atoms with Gasteiger partial charge in [0.1, 0.15) is 17.6 Å². The number of carbonyl (C=O) groups is 2. The van der Waals surface area contributed by atoms with E-state index in [4.69, 9.17) is 14.9 Å². The maximum atomic E-state index is 13.0. The summed E-state index contributed by atoms with van der Waals surface area (Å²) in [6.07, 6.45) is 4.00. The maximum Gasteiger partial charge on any atom is 0.272 e. The van der Waals surface area contributed by atoms with Crippen molar-refractivity contribution in [1.29, 1.82) is 5.41 Å². The first kappa shape index (κ1) is 27.2. The van der Waals surface area contributed by atoms with Crippen molar-refractivity contribution in [2.45, 2.75) is 85.0 Å². The molecule has 202 valence electrons. The van der Waals surface area contributed by atoms with Crippen LogP contribution in [0.5, 0.6) is 5.75 Å². The first-order valence-corrected chi connectivity index (χ1v) is 13.6. The first-order valence-electron chi connectivity index (χ1n) is 13.6. The summed E-state index contributed by atoms with van der Waals surface area (Å²) >= 11 is 0. The Bertz CT molecular complexity index is 1060. The molecule has 4 rings (SSSR count). The molecule has 0 bridgehead atoms. The second-order valence-electron chi connectivity index (χ2n) is 10.9. The van der Waals surface area contributed by atoms with Crippen LogP contribution in [0.4, 0.5) is 0 Å². The standard InChI is InChI=1S/C29H42N4O4/c1-18-13-19(2)22(5)26(14-18)37-23-9-11-32(12-10-23)27(34)15-31-25-8-6-7-24(25)28(30)29(35)33-16-20(3)36-21(4)17-33/h13-14,20-21,23,30-31H,6-12,15-17H2,1-5H3/t20-,21+. The van der Waals surface area contributed by atoms with Gasteiger partial charge in [-0.25, -0.2) is 0 Å². The SMILES string of the molecule is Cc1cc(C)c(C)c(OC2CCN(C(=O)CNC3=C(C(=N)C(=O)N4C[C@@H](C)O[C@@H](C)C4)CCC3)CC2)c1. The summed E-state index contributed by atoms with van der Waals surface area (Å²) in [5, 5.41) is 11.9. The van der Waals surface area contributed by atoms with Crippen LogP contribution in [0.2, 0.25) is 0 Å². The van der Waals surface area contributed by atoms with E-state index in [1.807, 2.05) is 18.7 Å². The van der Waals surface area contributed by atoms with Crippen molar-refractivity contribution in [2.75, 3.05) is 32.7 Å². The Morgan fingerprint density at radius 3 is 2.41 bits per heavy atom. The molecule has 8 nitrogen and oxygen atoms in total. The van der Waals surface area contributed by atoms with Crippen molar-refractivity contribution in [3.63, 3.8) is 0 Å². The maximum absolute atomic E-state index is 13.0. The molecule has 2 aliphatic heterocycles. The topological polar surface area (TPSA) is 95.0 Å². The van der Waals surface area contributed by atoms with Crippen LogP contribution >= 0.6 is 0 Å². The van der Waals surface area contributed by atoms with E-state index in [-0.39, 0.29) is 42.4 Å². The molecule has 2 N–H and O–H groups in total. The van der Waals surface area contributed by atoms with Gasteiger partial charge >= 0.3 is 0 Å². The summed E-state index contributed by atoms with van der Waals surface area (Å²) in [5.41, 5.74) is 5.27. The minimum absolute atomic E-state index is 0.0345. The van der Waals surface area contributed by atoms with E-state index in [1.165, 1.54) is 16.7 Å². The molecule has 0 aromatic heterocycles. The Balaban J connectivity index is 1.28. The zero-order valence-electron chi connectivity index (χ0n) is 23.0. The lowest BCUT2D eigenvalue weighted by atomic mass is 10.0. The molecule has 37 heavy (non-hydrogen) atoms. The van der Waals surface area contributed by atoms with Crippen LogP contribution in [-0.4, -0.2) is 78.4 Å². The third kappa shape index (κ3) is 6.53. The third-order valence-electron chi connectivity index (χ3n) is 7.75. The van der Waals surface area contributed by atoms with Gasteiger partial charge in [-0.15, -0.1) is 0 Å². The van der Waals surface area contributed by atoms with E-state index in [0.29, 0.717) is 32.6 Å². The molecule has 0 radical (unpaired) electrons. The predicted octanol–water partition coefficient (Wildman–Crippen LogP) is 3.66. The molecular weight excluding hydrogens is 468 g/mol. The number of ether oxygens (including phenoxy) is 2. The Hall–Kier alpha value is -2.87. The Morgan fingerprint density at radius 1 is 1.05 bits per heavy atom. The number of nitrogens with zero attached hydrogens (tertiary/aromatic N) is 2. The van der Waals surface area contributed by atoms with E-state index >= 15 is 0 Å². The monoisotopic (exact) mass is 510 g/mol. The van der Waals surface area contributed by atoms with Crippen LogP contribution in [-0.2, 0) is 14.3 Å². The predicted molar refractivity (Wildman–Crippen MR) is 144 cm³/mol. The summed E-state index contributed by atoms with van der Waals surface area (Å²) in [5.74, 6) is 0.752. The fraction of sp³-hybridized carbons (Fsp3) is 0.621. The van der Waals surface area contributed by atoms with Crippen molar-refractivity contribution in [3.05, 3.63) is 40.1 Å². The number of aryl methyl sites for hydroxylation is 2. The lowest BCUT2D eigenvalue weighted by Gasteiger charge is -2.35. The molecule has 1 aromatic rings. The molecule has 1 aromatic carbocycles. The number of amides is 2. The van der Waals surface area contributed by atoms with Gasteiger partial charge in [0.2, 0.25) is 5.91 Å². The summed E-state index contributed by atoms with van der Waals surface area (Å²) in [6, 6.07) is 4.27. The van der Waals surface area contributed by atoms with Gasteiger partial charge in [0.25, 0.3) is 5.91 Å². The van der Waals surface area contributed by atoms with E-state index in [9.17, 15) is 9.59 Å².